The average Bonchev–Trinajstić information content (AvgIpc) is 3.44. The van der Waals surface area contributed by atoms with Gasteiger partial charge in [0.2, 0.25) is 0 Å². The third-order valence-electron chi connectivity index (χ3n) is 5.30. The van der Waals surface area contributed by atoms with Crippen LogP contribution in [0.5, 0.6) is 0 Å². The van der Waals surface area contributed by atoms with E-state index in [0.29, 0.717) is 25.7 Å². The fraction of sp³-hybridized carbons (Fsp3) is 0.364. The van der Waals surface area contributed by atoms with Crippen LogP contribution in [0.1, 0.15) is 36.8 Å². The smallest absolute Gasteiger partial charge is 0.306 e. The van der Waals surface area contributed by atoms with Crippen LogP contribution in [0.2, 0.25) is 0 Å². The van der Waals surface area contributed by atoms with Crippen molar-refractivity contribution >= 4 is 11.9 Å². The number of carboxylic acids is 2. The number of benzene rings is 1. The number of carbonyl (C=O) groups is 2. The number of aliphatic carboxylic acids is 2. The lowest BCUT2D eigenvalue weighted by Crippen LogP contribution is -2.25. The van der Waals surface area contributed by atoms with Gasteiger partial charge in [0.25, 0.3) is 0 Å². The number of carboxylic acid groups (broad SMARTS) is 2. The van der Waals surface area contributed by atoms with Crippen LogP contribution in [0.4, 0.5) is 0 Å². The van der Waals surface area contributed by atoms with Crippen molar-refractivity contribution in [3.63, 3.8) is 0 Å². The van der Waals surface area contributed by atoms with Crippen LogP contribution < -0.4 is 0 Å². The minimum atomic E-state index is -0.793. The second kappa shape index (κ2) is 10.4. The largest absolute Gasteiger partial charge is 0.481 e. The number of nitrogens with zero attached hydrogens (tertiary/aromatic N) is 4. The summed E-state index contributed by atoms with van der Waals surface area (Å²) < 4.78 is 4.12. The van der Waals surface area contributed by atoms with Crippen molar-refractivity contribution in [2.24, 2.45) is 11.8 Å². The summed E-state index contributed by atoms with van der Waals surface area (Å²) in [4.78, 5) is 29.0. The van der Waals surface area contributed by atoms with Gasteiger partial charge in [-0.25, -0.2) is 9.97 Å². The van der Waals surface area contributed by atoms with Crippen LogP contribution in [-0.4, -0.2) is 41.3 Å². The second-order valence-corrected chi connectivity index (χ2v) is 7.51. The van der Waals surface area contributed by atoms with Crippen LogP contribution in [-0.2, 0) is 22.7 Å². The van der Waals surface area contributed by atoms with E-state index in [9.17, 15) is 9.59 Å². The first-order chi connectivity index (χ1) is 14.5. The van der Waals surface area contributed by atoms with Crippen molar-refractivity contribution in [2.75, 3.05) is 0 Å². The van der Waals surface area contributed by atoms with Gasteiger partial charge in [0.1, 0.15) is 0 Å². The Balaban J connectivity index is 0.000000187. The summed E-state index contributed by atoms with van der Waals surface area (Å²) in [6.07, 6.45) is 13.2. The average molecular weight is 410 g/mol. The van der Waals surface area contributed by atoms with Gasteiger partial charge in [0.05, 0.1) is 24.5 Å². The zero-order chi connectivity index (χ0) is 21.3. The molecule has 0 unspecified atom stereocenters. The maximum absolute atomic E-state index is 10.5. The molecule has 8 nitrogen and oxygen atoms in total. The summed E-state index contributed by atoms with van der Waals surface area (Å²) in [7, 11) is 0. The van der Waals surface area contributed by atoms with Crippen LogP contribution in [0.15, 0.2) is 61.7 Å². The van der Waals surface area contributed by atoms with Crippen LogP contribution in [0.3, 0.4) is 0 Å². The molecule has 158 valence electrons. The quantitative estimate of drug-likeness (QED) is 0.646. The first-order valence-electron chi connectivity index (χ1n) is 9.96. The minimum absolute atomic E-state index is 0.319. The van der Waals surface area contributed by atoms with E-state index in [2.05, 4.69) is 43.4 Å². The molecular weight excluding hydrogens is 384 g/mol. The Labute approximate surface area is 174 Å². The summed E-state index contributed by atoms with van der Waals surface area (Å²) in [5.74, 6) is -2.22. The van der Waals surface area contributed by atoms with Gasteiger partial charge < -0.3 is 19.3 Å². The molecule has 4 rings (SSSR count). The van der Waals surface area contributed by atoms with E-state index in [-0.39, 0.29) is 11.8 Å². The summed E-state index contributed by atoms with van der Waals surface area (Å²) in [5, 5.41) is 17.2. The van der Waals surface area contributed by atoms with E-state index in [1.54, 1.807) is 12.4 Å². The Bertz CT molecular complexity index is 835. The summed E-state index contributed by atoms with van der Waals surface area (Å²) in [6, 6.07) is 8.64. The van der Waals surface area contributed by atoms with Crippen LogP contribution in [0.25, 0.3) is 0 Å². The molecule has 1 aliphatic rings. The third-order valence-corrected chi connectivity index (χ3v) is 5.30. The van der Waals surface area contributed by atoms with Gasteiger partial charge in [-0.2, -0.15) is 0 Å². The van der Waals surface area contributed by atoms with E-state index < -0.39 is 11.9 Å². The number of rotatable bonds is 6. The molecule has 0 saturated heterocycles. The lowest BCUT2D eigenvalue weighted by Gasteiger charge is -2.22. The number of aromatic nitrogens is 4. The highest BCUT2D eigenvalue weighted by Gasteiger charge is 2.29. The first kappa shape index (κ1) is 21.3. The van der Waals surface area contributed by atoms with Crippen molar-refractivity contribution in [3.8, 4) is 0 Å². The molecule has 0 bridgehead atoms. The molecule has 0 radical (unpaired) electrons. The molecule has 1 saturated carbocycles. The fourth-order valence-corrected chi connectivity index (χ4v) is 3.52. The molecule has 0 amide bonds. The molecule has 1 aromatic carbocycles. The van der Waals surface area contributed by atoms with Gasteiger partial charge in [0.15, 0.2) is 0 Å². The summed E-state index contributed by atoms with van der Waals surface area (Å²) in [5.41, 5.74) is 2.56. The van der Waals surface area contributed by atoms with Crippen molar-refractivity contribution in [1.29, 1.82) is 0 Å². The molecule has 1 fully saturated rings. The number of hydrogen-bond donors (Lipinski definition) is 2. The van der Waals surface area contributed by atoms with E-state index in [0.717, 1.165) is 13.1 Å². The molecular formula is C22H26N4O4. The SMILES string of the molecule is O=C(O)C1CCC(C(=O)O)CC1.c1cn(Cc2ccc(Cn3ccnc3)cc2)cn1. The highest BCUT2D eigenvalue weighted by Crippen LogP contribution is 2.28. The number of hydrogen-bond acceptors (Lipinski definition) is 4. The van der Waals surface area contributed by atoms with Crippen molar-refractivity contribution in [3.05, 3.63) is 72.8 Å². The summed E-state index contributed by atoms with van der Waals surface area (Å²) in [6.45, 7) is 1.73. The monoisotopic (exact) mass is 410 g/mol. The van der Waals surface area contributed by atoms with Crippen molar-refractivity contribution in [2.45, 2.75) is 38.8 Å². The van der Waals surface area contributed by atoms with E-state index in [4.69, 9.17) is 10.2 Å². The Morgan fingerprint density at radius 1 is 0.767 bits per heavy atom. The highest BCUT2D eigenvalue weighted by molar-refractivity contribution is 5.72. The second-order valence-electron chi connectivity index (χ2n) is 7.51. The Morgan fingerprint density at radius 3 is 1.40 bits per heavy atom. The van der Waals surface area contributed by atoms with Gasteiger partial charge in [-0.15, -0.1) is 0 Å². The van der Waals surface area contributed by atoms with Crippen LogP contribution in [0, 0.1) is 11.8 Å². The van der Waals surface area contributed by atoms with Gasteiger partial charge in [-0.3, -0.25) is 9.59 Å². The third kappa shape index (κ3) is 6.30. The molecule has 30 heavy (non-hydrogen) atoms. The predicted octanol–water partition coefficient (Wildman–Crippen LogP) is 3.14. The molecule has 0 aliphatic heterocycles. The predicted molar refractivity (Wildman–Crippen MR) is 110 cm³/mol. The van der Waals surface area contributed by atoms with E-state index in [1.807, 2.05) is 25.0 Å². The van der Waals surface area contributed by atoms with Crippen LogP contribution >= 0.6 is 0 Å². The first-order valence-corrected chi connectivity index (χ1v) is 9.96. The van der Waals surface area contributed by atoms with Crippen molar-refractivity contribution in [1.82, 2.24) is 19.1 Å². The Kier molecular flexibility index (Phi) is 7.37. The molecule has 0 spiro atoms. The molecule has 8 heteroatoms. The van der Waals surface area contributed by atoms with Crippen molar-refractivity contribution < 1.29 is 19.8 Å². The van der Waals surface area contributed by atoms with E-state index >= 15 is 0 Å². The lowest BCUT2D eigenvalue weighted by molar-refractivity contribution is -0.148. The molecule has 1 aliphatic carbocycles. The van der Waals surface area contributed by atoms with Gasteiger partial charge in [0, 0.05) is 37.9 Å². The zero-order valence-electron chi connectivity index (χ0n) is 16.7. The Hall–Kier alpha value is -3.42. The maximum Gasteiger partial charge on any atom is 0.306 e. The molecule has 0 atom stereocenters. The summed E-state index contributed by atoms with van der Waals surface area (Å²) >= 11 is 0. The molecule has 2 heterocycles. The highest BCUT2D eigenvalue weighted by atomic mass is 16.4. The van der Waals surface area contributed by atoms with Gasteiger partial charge in [-0.05, 0) is 36.8 Å². The fourth-order valence-electron chi connectivity index (χ4n) is 3.52. The standard InChI is InChI=1S/C14H14N4.C8H12O4/c1-2-14(10-18-8-6-16-12-18)4-3-13(1)9-17-7-5-15-11-17;9-7(10)5-1-2-6(4-3-5)8(11)12/h1-8,11-12H,9-10H2;5-6H,1-4H2,(H,9,10)(H,11,12). The number of imidazole rings is 2. The maximum atomic E-state index is 10.5. The van der Waals surface area contributed by atoms with Gasteiger partial charge in [-0.1, -0.05) is 24.3 Å². The van der Waals surface area contributed by atoms with Gasteiger partial charge >= 0.3 is 11.9 Å². The zero-order valence-corrected chi connectivity index (χ0v) is 16.7. The Morgan fingerprint density at radius 2 is 1.13 bits per heavy atom. The molecule has 2 N–H and O–H groups in total. The lowest BCUT2D eigenvalue weighted by atomic mass is 9.82. The van der Waals surface area contributed by atoms with E-state index in [1.165, 1.54) is 11.1 Å². The normalized spacial score (nSPS) is 18.3. The molecule has 2 aromatic heterocycles. The topological polar surface area (TPSA) is 110 Å². The molecule has 3 aromatic rings. The minimum Gasteiger partial charge on any atom is -0.481 e.